The third-order valence-electron chi connectivity index (χ3n) is 3.23. The van der Waals surface area contributed by atoms with Crippen molar-refractivity contribution in [1.29, 1.82) is 0 Å². The zero-order chi connectivity index (χ0) is 12.9. The second kappa shape index (κ2) is 3.66. The van der Waals surface area contributed by atoms with Crippen molar-refractivity contribution in [2.45, 2.75) is 25.9 Å². The molecule has 0 aliphatic carbocycles. The van der Waals surface area contributed by atoms with Crippen LogP contribution in [0.4, 0.5) is 5.69 Å². The summed E-state index contributed by atoms with van der Waals surface area (Å²) in [5, 5.41) is 2.95. The molecule has 0 spiro atoms. The number of imide groups is 1. The van der Waals surface area contributed by atoms with Gasteiger partial charge in [-0.3, -0.25) is 14.6 Å². The largest absolute Gasteiger partial charge is 0.360 e. The number of benzene rings is 1. The Labute approximate surface area is 105 Å². The number of carbonyl (C=O) groups is 2. The summed E-state index contributed by atoms with van der Waals surface area (Å²) in [7, 11) is 0. The van der Waals surface area contributed by atoms with E-state index in [9.17, 15) is 9.59 Å². The topological polar surface area (TPSA) is 61.8 Å². The molecule has 2 aliphatic heterocycles. The van der Waals surface area contributed by atoms with Crippen LogP contribution in [-0.4, -0.2) is 29.7 Å². The Bertz CT molecular complexity index is 579. The molecule has 1 aromatic carbocycles. The minimum atomic E-state index is -0.599. The number of amides is 2. The highest BCUT2D eigenvalue weighted by molar-refractivity contribution is 6.27. The van der Waals surface area contributed by atoms with Gasteiger partial charge in [-0.05, 0) is 31.5 Å². The van der Waals surface area contributed by atoms with Crippen LogP contribution in [0, 0.1) is 6.92 Å². The van der Waals surface area contributed by atoms with E-state index < -0.39 is 12.1 Å². The van der Waals surface area contributed by atoms with Gasteiger partial charge in [0.2, 0.25) is 0 Å². The zero-order valence-electron chi connectivity index (χ0n) is 10.2. The number of hydrogen-bond acceptors (Lipinski definition) is 4. The van der Waals surface area contributed by atoms with Crippen molar-refractivity contribution in [3.05, 3.63) is 29.8 Å². The Kier molecular flexibility index (Phi) is 2.23. The number of aryl methyl sites for hydroxylation is 1. The summed E-state index contributed by atoms with van der Waals surface area (Å²) in [6.07, 6.45) is 0. The van der Waals surface area contributed by atoms with Gasteiger partial charge in [-0.1, -0.05) is 12.1 Å². The molecule has 2 aliphatic rings. The molecule has 2 unspecified atom stereocenters. The number of hydrogen-bond donors (Lipinski definition) is 1. The second-order valence-electron chi connectivity index (χ2n) is 4.63. The summed E-state index contributed by atoms with van der Waals surface area (Å²) < 4.78 is 0. The van der Waals surface area contributed by atoms with Crippen LogP contribution in [0.15, 0.2) is 29.3 Å². The van der Waals surface area contributed by atoms with Crippen molar-refractivity contribution < 1.29 is 9.59 Å². The number of rotatable bonds is 1. The third-order valence-corrected chi connectivity index (χ3v) is 3.23. The molecule has 2 amide bonds. The lowest BCUT2D eigenvalue weighted by Crippen LogP contribution is -2.39. The van der Waals surface area contributed by atoms with E-state index in [1.807, 2.05) is 25.1 Å². The Morgan fingerprint density at radius 2 is 2.00 bits per heavy atom. The van der Waals surface area contributed by atoms with Crippen LogP contribution in [0.3, 0.4) is 0 Å². The highest BCUT2D eigenvalue weighted by atomic mass is 16.2. The van der Waals surface area contributed by atoms with Crippen LogP contribution < -0.4 is 10.2 Å². The van der Waals surface area contributed by atoms with Crippen LogP contribution >= 0.6 is 0 Å². The standard InChI is InChI=1S/C13H13N3O2/c1-7-4-3-5-9(6-7)16-12(17)10-11(13(16)18)15-8(2)14-10/h3-6,10-11H,1-2H3,(H,14,15). The van der Waals surface area contributed by atoms with Crippen LogP contribution in [0.1, 0.15) is 12.5 Å². The highest BCUT2D eigenvalue weighted by Gasteiger charge is 2.51. The Morgan fingerprint density at radius 3 is 2.67 bits per heavy atom. The average Bonchev–Trinajstić information content (AvgIpc) is 2.79. The lowest BCUT2D eigenvalue weighted by molar-refractivity contribution is -0.121. The van der Waals surface area contributed by atoms with Crippen LogP contribution in [0.2, 0.25) is 0 Å². The molecule has 2 atom stereocenters. The normalized spacial score (nSPS) is 26.1. The van der Waals surface area contributed by atoms with Crippen molar-refractivity contribution in [2.24, 2.45) is 4.99 Å². The van der Waals surface area contributed by atoms with E-state index in [1.54, 1.807) is 13.0 Å². The summed E-state index contributed by atoms with van der Waals surface area (Å²) in [6.45, 7) is 3.69. The zero-order valence-corrected chi connectivity index (χ0v) is 10.2. The molecule has 5 nitrogen and oxygen atoms in total. The summed E-state index contributed by atoms with van der Waals surface area (Å²) in [4.78, 5) is 29.8. The summed E-state index contributed by atoms with van der Waals surface area (Å²) >= 11 is 0. The molecule has 92 valence electrons. The maximum atomic E-state index is 12.2. The third kappa shape index (κ3) is 1.44. The fourth-order valence-corrected chi connectivity index (χ4v) is 2.42. The molecule has 18 heavy (non-hydrogen) atoms. The molecule has 0 saturated carbocycles. The molecule has 2 heterocycles. The molecular formula is C13H13N3O2. The average molecular weight is 243 g/mol. The number of fused-ring (bicyclic) bond motifs is 1. The number of anilines is 1. The first-order chi connectivity index (χ1) is 8.58. The second-order valence-corrected chi connectivity index (χ2v) is 4.63. The Balaban J connectivity index is 2.00. The smallest absolute Gasteiger partial charge is 0.261 e. The monoisotopic (exact) mass is 243 g/mol. The van der Waals surface area contributed by atoms with Gasteiger partial charge < -0.3 is 5.32 Å². The summed E-state index contributed by atoms with van der Waals surface area (Å²) in [6, 6.07) is 6.22. The number of carbonyl (C=O) groups excluding carboxylic acids is 2. The van der Waals surface area contributed by atoms with Gasteiger partial charge in [0.05, 0.1) is 11.5 Å². The molecule has 1 fully saturated rings. The molecule has 1 saturated heterocycles. The van der Waals surface area contributed by atoms with E-state index in [4.69, 9.17) is 0 Å². The molecule has 1 aromatic rings. The highest BCUT2D eigenvalue weighted by Crippen LogP contribution is 2.27. The van der Waals surface area contributed by atoms with Crippen LogP contribution in [0.5, 0.6) is 0 Å². The first-order valence-corrected chi connectivity index (χ1v) is 5.83. The molecule has 1 N–H and O–H groups in total. The van der Waals surface area contributed by atoms with Crippen molar-refractivity contribution in [2.75, 3.05) is 4.90 Å². The van der Waals surface area contributed by atoms with Crippen molar-refractivity contribution in [3.63, 3.8) is 0 Å². The molecule has 3 rings (SSSR count). The van der Waals surface area contributed by atoms with Crippen LogP contribution in [0.25, 0.3) is 0 Å². The number of amidine groups is 1. The quantitative estimate of drug-likeness (QED) is 0.736. The van der Waals surface area contributed by atoms with Crippen molar-refractivity contribution >= 4 is 23.3 Å². The number of aliphatic imine (C=N–C) groups is 1. The van der Waals surface area contributed by atoms with Gasteiger partial charge >= 0.3 is 0 Å². The van der Waals surface area contributed by atoms with E-state index in [0.29, 0.717) is 11.5 Å². The Hall–Kier alpha value is -2.17. The molecule has 5 heteroatoms. The maximum Gasteiger partial charge on any atom is 0.261 e. The van der Waals surface area contributed by atoms with E-state index in [2.05, 4.69) is 10.3 Å². The molecule has 0 radical (unpaired) electrons. The van der Waals surface area contributed by atoms with E-state index in [1.165, 1.54) is 4.90 Å². The minimum absolute atomic E-state index is 0.226. The van der Waals surface area contributed by atoms with E-state index in [-0.39, 0.29) is 11.8 Å². The van der Waals surface area contributed by atoms with E-state index in [0.717, 1.165) is 5.56 Å². The molecular weight excluding hydrogens is 230 g/mol. The summed E-state index contributed by atoms with van der Waals surface area (Å²) in [5.74, 6) is 0.173. The number of nitrogens with one attached hydrogen (secondary N) is 1. The summed E-state index contributed by atoms with van der Waals surface area (Å²) in [5.41, 5.74) is 1.63. The van der Waals surface area contributed by atoms with Crippen LogP contribution in [-0.2, 0) is 9.59 Å². The maximum absolute atomic E-state index is 12.2. The minimum Gasteiger partial charge on any atom is -0.360 e. The lowest BCUT2D eigenvalue weighted by atomic mass is 10.2. The number of nitrogens with zero attached hydrogens (tertiary/aromatic N) is 2. The molecule has 0 bridgehead atoms. The van der Waals surface area contributed by atoms with Gasteiger partial charge in [-0.2, -0.15) is 0 Å². The first-order valence-electron chi connectivity index (χ1n) is 5.83. The van der Waals surface area contributed by atoms with Gasteiger partial charge in [0.1, 0.15) is 6.04 Å². The van der Waals surface area contributed by atoms with Gasteiger partial charge in [0.25, 0.3) is 11.8 Å². The SMILES string of the molecule is CC1=NC2C(=O)N(c3cccc(C)c3)C(=O)C2N1. The first kappa shape index (κ1) is 11.0. The predicted molar refractivity (Wildman–Crippen MR) is 67.5 cm³/mol. The van der Waals surface area contributed by atoms with Gasteiger partial charge in [-0.25, -0.2) is 4.90 Å². The lowest BCUT2D eigenvalue weighted by Gasteiger charge is -2.15. The Morgan fingerprint density at radius 1 is 1.22 bits per heavy atom. The van der Waals surface area contributed by atoms with Gasteiger partial charge in [0, 0.05) is 0 Å². The fourth-order valence-electron chi connectivity index (χ4n) is 2.42. The predicted octanol–water partition coefficient (Wildman–Crippen LogP) is 0.627. The van der Waals surface area contributed by atoms with Gasteiger partial charge in [0.15, 0.2) is 6.04 Å². The van der Waals surface area contributed by atoms with E-state index >= 15 is 0 Å². The fraction of sp³-hybridized carbons (Fsp3) is 0.308. The molecule has 0 aromatic heterocycles. The van der Waals surface area contributed by atoms with Crippen molar-refractivity contribution in [1.82, 2.24) is 5.32 Å². The van der Waals surface area contributed by atoms with Crippen molar-refractivity contribution in [3.8, 4) is 0 Å². The van der Waals surface area contributed by atoms with Gasteiger partial charge in [-0.15, -0.1) is 0 Å².